The fourth-order valence-electron chi connectivity index (χ4n) is 2.83. The second-order valence-corrected chi connectivity index (χ2v) is 6.25. The van der Waals surface area contributed by atoms with Crippen LogP contribution in [0.1, 0.15) is 31.4 Å². The van der Waals surface area contributed by atoms with Crippen LogP contribution in [0.15, 0.2) is 17.3 Å². The van der Waals surface area contributed by atoms with Gasteiger partial charge in [0.25, 0.3) is 0 Å². The van der Waals surface area contributed by atoms with Crippen LogP contribution in [0.25, 0.3) is 0 Å². The van der Waals surface area contributed by atoms with E-state index in [4.69, 9.17) is 0 Å². The topological polar surface area (TPSA) is 42.2 Å². The third kappa shape index (κ3) is 2.41. The maximum Gasteiger partial charge on any atom is 0.157 e. The normalized spacial score (nSPS) is 23.9. The quantitative estimate of drug-likeness (QED) is 0.907. The summed E-state index contributed by atoms with van der Waals surface area (Å²) in [5, 5.41) is 8.98. The van der Waals surface area contributed by atoms with Crippen LogP contribution in [0, 0.1) is 0 Å². The molecule has 1 saturated heterocycles. The highest BCUT2D eigenvalue weighted by molar-refractivity contribution is 8.14. The van der Waals surface area contributed by atoms with E-state index in [0.29, 0.717) is 5.54 Å². The van der Waals surface area contributed by atoms with Crippen LogP contribution in [0.4, 0.5) is 0 Å². The van der Waals surface area contributed by atoms with E-state index in [1.165, 1.54) is 37.1 Å². The zero-order valence-electron chi connectivity index (χ0n) is 10.9. The smallest absolute Gasteiger partial charge is 0.157 e. The van der Waals surface area contributed by atoms with E-state index in [0.717, 1.165) is 18.1 Å². The summed E-state index contributed by atoms with van der Waals surface area (Å²) in [6.45, 7) is 0.852. The summed E-state index contributed by atoms with van der Waals surface area (Å²) in [6.07, 6.45) is 8.20. The molecule has 5 heteroatoms. The van der Waals surface area contributed by atoms with E-state index in [2.05, 4.69) is 21.5 Å². The lowest BCUT2D eigenvalue weighted by atomic mass is 10.0. The Labute approximate surface area is 112 Å². The van der Waals surface area contributed by atoms with Crippen LogP contribution in [-0.4, -0.2) is 32.8 Å². The van der Waals surface area contributed by atoms with E-state index in [1.54, 1.807) is 0 Å². The lowest BCUT2D eigenvalue weighted by Gasteiger charge is -2.21. The molecule has 0 unspecified atom stereocenters. The van der Waals surface area contributed by atoms with Crippen molar-refractivity contribution in [2.75, 3.05) is 12.3 Å². The minimum Gasteiger partial charge on any atom is -0.359 e. The molecule has 0 atom stereocenters. The maximum absolute atomic E-state index is 4.69. The first kappa shape index (κ1) is 12.1. The van der Waals surface area contributed by atoms with Crippen molar-refractivity contribution in [1.82, 2.24) is 15.1 Å². The molecule has 2 fully saturated rings. The summed E-state index contributed by atoms with van der Waals surface area (Å²) in [4.78, 5) is 4.69. The molecular formula is C13H20N4S. The zero-order chi connectivity index (χ0) is 12.4. The molecule has 1 aromatic heterocycles. The third-order valence-electron chi connectivity index (χ3n) is 3.96. The summed E-state index contributed by atoms with van der Waals surface area (Å²) < 4.78 is 1.92. The monoisotopic (exact) mass is 264 g/mol. The fraction of sp³-hybridized carbons (Fsp3) is 0.692. The highest BCUT2D eigenvalue weighted by Gasteiger charge is 2.39. The van der Waals surface area contributed by atoms with Gasteiger partial charge in [-0.1, -0.05) is 24.6 Å². The predicted octanol–water partition coefficient (Wildman–Crippen LogP) is 1.97. The Morgan fingerprint density at radius 3 is 3.06 bits per heavy atom. The Balaban J connectivity index is 1.53. The average Bonchev–Trinajstić information content (AvgIpc) is 3.06. The molecule has 0 amide bonds. The van der Waals surface area contributed by atoms with Crippen LogP contribution in [-0.2, 0) is 13.5 Å². The predicted molar refractivity (Wildman–Crippen MR) is 76.0 cm³/mol. The van der Waals surface area contributed by atoms with Gasteiger partial charge in [-0.2, -0.15) is 5.10 Å². The van der Waals surface area contributed by atoms with Crippen molar-refractivity contribution < 1.29 is 0 Å². The van der Waals surface area contributed by atoms with Crippen molar-refractivity contribution in [3.8, 4) is 0 Å². The number of hydrogen-bond acceptors (Lipinski definition) is 3. The largest absolute Gasteiger partial charge is 0.359 e. The number of nitrogens with zero attached hydrogens (tertiary/aromatic N) is 3. The highest BCUT2D eigenvalue weighted by Crippen LogP contribution is 2.37. The molecule has 2 heterocycles. The summed E-state index contributed by atoms with van der Waals surface area (Å²) >= 11 is 1.90. The lowest BCUT2D eigenvalue weighted by Crippen LogP contribution is -2.40. The molecule has 98 valence electrons. The minimum absolute atomic E-state index is 0.385. The SMILES string of the molecule is Cn1nccc1CCN=C1NC2(CCCC2)CS1. The number of aliphatic imine (C=N–C) groups is 1. The summed E-state index contributed by atoms with van der Waals surface area (Å²) in [5.74, 6) is 1.21. The first-order chi connectivity index (χ1) is 8.77. The lowest BCUT2D eigenvalue weighted by molar-refractivity contribution is 0.452. The van der Waals surface area contributed by atoms with Crippen molar-refractivity contribution >= 4 is 16.9 Å². The Morgan fingerprint density at radius 2 is 2.33 bits per heavy atom. The molecule has 0 aromatic carbocycles. The van der Waals surface area contributed by atoms with Crippen molar-refractivity contribution in [2.24, 2.45) is 12.0 Å². The molecule has 1 spiro atoms. The molecule has 3 rings (SSSR count). The number of aromatic nitrogens is 2. The second kappa shape index (κ2) is 4.96. The average molecular weight is 264 g/mol. The van der Waals surface area contributed by atoms with Crippen molar-refractivity contribution in [2.45, 2.75) is 37.6 Å². The van der Waals surface area contributed by atoms with Gasteiger partial charge in [-0.25, -0.2) is 0 Å². The number of rotatable bonds is 3. The van der Waals surface area contributed by atoms with Crippen LogP contribution in [0.5, 0.6) is 0 Å². The molecular weight excluding hydrogens is 244 g/mol. The summed E-state index contributed by atoms with van der Waals surface area (Å²) in [6, 6.07) is 2.06. The van der Waals surface area contributed by atoms with Gasteiger partial charge >= 0.3 is 0 Å². The van der Waals surface area contributed by atoms with Gasteiger partial charge in [-0.05, 0) is 18.9 Å². The van der Waals surface area contributed by atoms with E-state index in [1.807, 2.05) is 29.7 Å². The molecule has 1 aliphatic heterocycles. The van der Waals surface area contributed by atoms with Gasteiger partial charge in [0.15, 0.2) is 5.17 Å². The highest BCUT2D eigenvalue weighted by atomic mass is 32.2. The van der Waals surface area contributed by atoms with Gasteiger partial charge in [0.2, 0.25) is 0 Å². The number of hydrogen-bond donors (Lipinski definition) is 1. The number of amidine groups is 1. The third-order valence-corrected chi connectivity index (χ3v) is 5.17. The molecule has 1 saturated carbocycles. The van der Waals surface area contributed by atoms with Crippen LogP contribution >= 0.6 is 11.8 Å². The molecule has 1 aliphatic carbocycles. The van der Waals surface area contributed by atoms with Crippen molar-refractivity contribution in [3.05, 3.63) is 18.0 Å². The molecule has 1 aromatic rings. The van der Waals surface area contributed by atoms with Crippen LogP contribution < -0.4 is 5.32 Å². The summed E-state index contributed by atoms with van der Waals surface area (Å²) in [7, 11) is 1.98. The van der Waals surface area contributed by atoms with Gasteiger partial charge in [0.1, 0.15) is 0 Å². The number of thioether (sulfide) groups is 1. The molecule has 18 heavy (non-hydrogen) atoms. The van der Waals surface area contributed by atoms with Gasteiger partial charge in [0.05, 0.1) is 0 Å². The Morgan fingerprint density at radius 1 is 1.50 bits per heavy atom. The van der Waals surface area contributed by atoms with Gasteiger partial charge < -0.3 is 5.32 Å². The molecule has 2 aliphatic rings. The number of nitrogens with one attached hydrogen (secondary N) is 1. The molecule has 4 nitrogen and oxygen atoms in total. The van der Waals surface area contributed by atoms with E-state index in [9.17, 15) is 0 Å². The maximum atomic E-state index is 4.69. The first-order valence-electron chi connectivity index (χ1n) is 6.70. The van der Waals surface area contributed by atoms with Gasteiger partial charge in [0, 0.05) is 43.2 Å². The van der Waals surface area contributed by atoms with E-state index < -0.39 is 0 Å². The number of aryl methyl sites for hydroxylation is 1. The van der Waals surface area contributed by atoms with Crippen LogP contribution in [0.3, 0.4) is 0 Å². The zero-order valence-corrected chi connectivity index (χ0v) is 11.7. The summed E-state index contributed by atoms with van der Waals surface area (Å²) in [5.41, 5.74) is 1.63. The molecule has 0 bridgehead atoms. The Bertz CT molecular complexity index is 446. The minimum atomic E-state index is 0.385. The Kier molecular flexibility index (Phi) is 3.33. The fourth-order valence-corrected chi connectivity index (χ4v) is 4.08. The van der Waals surface area contributed by atoms with Gasteiger partial charge in [-0.15, -0.1) is 0 Å². The van der Waals surface area contributed by atoms with Crippen LogP contribution in [0.2, 0.25) is 0 Å². The first-order valence-corrected chi connectivity index (χ1v) is 7.68. The van der Waals surface area contributed by atoms with E-state index in [-0.39, 0.29) is 0 Å². The van der Waals surface area contributed by atoms with Gasteiger partial charge in [-0.3, -0.25) is 9.67 Å². The van der Waals surface area contributed by atoms with Crippen molar-refractivity contribution in [3.63, 3.8) is 0 Å². The standard InChI is InChI=1S/C13H20N4S/c1-17-11(5-9-15-17)4-8-14-12-16-13(10-18-12)6-2-3-7-13/h5,9H,2-4,6-8,10H2,1H3,(H,14,16). The molecule has 0 radical (unpaired) electrons. The van der Waals surface area contributed by atoms with Crippen molar-refractivity contribution in [1.29, 1.82) is 0 Å². The van der Waals surface area contributed by atoms with E-state index >= 15 is 0 Å². The second-order valence-electron chi connectivity index (χ2n) is 5.28. The molecule has 1 N–H and O–H groups in total. The Hall–Kier alpha value is -0.970.